The summed E-state index contributed by atoms with van der Waals surface area (Å²) >= 11 is 0. The molecule has 25 heavy (non-hydrogen) atoms. The normalized spacial score (nSPS) is 15.2. The molecule has 0 atom stereocenters. The zero-order valence-electron chi connectivity index (χ0n) is 14.6. The van der Waals surface area contributed by atoms with Crippen molar-refractivity contribution in [3.63, 3.8) is 0 Å². The number of carbonyl (C=O) groups excluding carboxylic acids is 1. The van der Waals surface area contributed by atoms with Crippen LogP contribution in [-0.2, 0) is 6.54 Å². The van der Waals surface area contributed by atoms with Gasteiger partial charge in [-0.2, -0.15) is 0 Å². The number of aryl methyl sites for hydroxylation is 1. The van der Waals surface area contributed by atoms with Gasteiger partial charge < -0.3 is 10.2 Å². The summed E-state index contributed by atoms with van der Waals surface area (Å²) in [6.07, 6.45) is 2.07. The molecule has 0 radical (unpaired) electrons. The van der Waals surface area contributed by atoms with E-state index in [0.717, 1.165) is 37.2 Å². The van der Waals surface area contributed by atoms with E-state index in [2.05, 4.69) is 22.2 Å². The monoisotopic (exact) mass is 342 g/mol. The number of hydrogen-bond donors (Lipinski definition) is 1. The summed E-state index contributed by atoms with van der Waals surface area (Å²) in [5, 5.41) is 3.11. The van der Waals surface area contributed by atoms with Crippen LogP contribution >= 0.6 is 0 Å². The van der Waals surface area contributed by atoms with E-state index < -0.39 is 0 Å². The van der Waals surface area contributed by atoms with Gasteiger partial charge in [0.15, 0.2) is 0 Å². The molecule has 1 N–H and O–H groups in total. The highest BCUT2D eigenvalue weighted by Gasteiger charge is 2.23. The van der Waals surface area contributed by atoms with Crippen LogP contribution in [0.2, 0.25) is 0 Å². The first kappa shape index (κ1) is 17.3. The van der Waals surface area contributed by atoms with Crippen molar-refractivity contribution in [3.8, 4) is 0 Å². The van der Waals surface area contributed by atoms with Crippen molar-refractivity contribution in [3.05, 3.63) is 53.1 Å². The largest absolute Gasteiger partial charge is 0.350 e. The Morgan fingerprint density at radius 2 is 1.92 bits per heavy atom. The van der Waals surface area contributed by atoms with Gasteiger partial charge in [0.25, 0.3) is 5.91 Å². The van der Waals surface area contributed by atoms with Gasteiger partial charge in [-0.25, -0.2) is 14.4 Å². The molecule has 0 aliphatic carbocycles. The summed E-state index contributed by atoms with van der Waals surface area (Å²) in [6, 6.07) is 7.97. The minimum Gasteiger partial charge on any atom is -0.350 e. The molecule has 1 aliphatic rings. The van der Waals surface area contributed by atoms with E-state index in [0.29, 0.717) is 24.1 Å². The third-order valence-corrected chi connectivity index (χ3v) is 4.51. The van der Waals surface area contributed by atoms with E-state index in [1.54, 1.807) is 18.2 Å². The number of likely N-dealkylation sites (tertiary alicyclic amines) is 1. The summed E-state index contributed by atoms with van der Waals surface area (Å²) in [7, 11) is 0. The molecule has 5 nitrogen and oxygen atoms in total. The van der Waals surface area contributed by atoms with Crippen LogP contribution in [0.1, 0.15) is 41.5 Å². The molecule has 2 aromatic rings. The average molecular weight is 342 g/mol. The number of carbonyl (C=O) groups is 1. The molecule has 0 spiro atoms. The van der Waals surface area contributed by atoms with E-state index in [9.17, 15) is 9.18 Å². The second-order valence-electron chi connectivity index (χ2n) is 6.67. The predicted octanol–water partition coefficient (Wildman–Crippen LogP) is 3.41. The second-order valence-corrected chi connectivity index (χ2v) is 6.67. The number of hydrogen-bond acceptors (Lipinski definition) is 4. The molecule has 0 saturated carbocycles. The standard InChI is InChI=1S/C19H23FN4O/c1-13-7-9-24(10-8-13)18(25)17-11-14(2)22-19(23-17)21-12-15-3-5-16(20)6-4-15/h3-6,11,13H,7-10,12H2,1-2H3,(H,21,22,23). The van der Waals surface area contributed by atoms with Crippen LogP contribution in [0.4, 0.5) is 10.3 Å². The van der Waals surface area contributed by atoms with Crippen LogP contribution in [0.15, 0.2) is 30.3 Å². The zero-order chi connectivity index (χ0) is 17.8. The second kappa shape index (κ2) is 7.59. The number of benzene rings is 1. The molecule has 1 aliphatic heterocycles. The number of anilines is 1. The zero-order valence-corrected chi connectivity index (χ0v) is 14.6. The fourth-order valence-corrected chi connectivity index (χ4v) is 2.91. The van der Waals surface area contributed by atoms with E-state index in [1.165, 1.54) is 12.1 Å². The summed E-state index contributed by atoms with van der Waals surface area (Å²) in [5.41, 5.74) is 2.08. The van der Waals surface area contributed by atoms with Crippen LogP contribution in [-0.4, -0.2) is 33.9 Å². The first-order valence-corrected chi connectivity index (χ1v) is 8.64. The highest BCUT2D eigenvalue weighted by atomic mass is 19.1. The Balaban J connectivity index is 1.69. The maximum Gasteiger partial charge on any atom is 0.272 e. The third-order valence-electron chi connectivity index (χ3n) is 4.51. The Hall–Kier alpha value is -2.50. The van der Waals surface area contributed by atoms with Crippen molar-refractivity contribution in [2.45, 2.75) is 33.2 Å². The summed E-state index contributed by atoms with van der Waals surface area (Å²) in [4.78, 5) is 23.3. The third kappa shape index (κ3) is 4.53. The molecule has 1 aromatic carbocycles. The van der Waals surface area contributed by atoms with Crippen LogP contribution in [0.5, 0.6) is 0 Å². The van der Waals surface area contributed by atoms with Crippen LogP contribution in [0, 0.1) is 18.7 Å². The smallest absolute Gasteiger partial charge is 0.272 e. The van der Waals surface area contributed by atoms with Gasteiger partial charge >= 0.3 is 0 Å². The fraction of sp³-hybridized carbons (Fsp3) is 0.421. The molecule has 0 bridgehead atoms. The van der Waals surface area contributed by atoms with Crippen molar-refractivity contribution in [1.82, 2.24) is 14.9 Å². The van der Waals surface area contributed by atoms with Crippen molar-refractivity contribution in [1.29, 1.82) is 0 Å². The van der Waals surface area contributed by atoms with Gasteiger partial charge in [0.1, 0.15) is 11.5 Å². The predicted molar refractivity (Wildman–Crippen MR) is 94.8 cm³/mol. The molecule has 3 rings (SSSR count). The van der Waals surface area contributed by atoms with Gasteiger partial charge in [-0.3, -0.25) is 4.79 Å². The van der Waals surface area contributed by atoms with Crippen LogP contribution < -0.4 is 5.32 Å². The number of amides is 1. The molecule has 0 unspecified atom stereocenters. The minimum absolute atomic E-state index is 0.0396. The van der Waals surface area contributed by atoms with Crippen LogP contribution in [0.3, 0.4) is 0 Å². The summed E-state index contributed by atoms with van der Waals surface area (Å²) in [5.74, 6) is 0.781. The first-order valence-electron chi connectivity index (χ1n) is 8.64. The van der Waals surface area contributed by atoms with Gasteiger partial charge in [-0.1, -0.05) is 19.1 Å². The fourth-order valence-electron chi connectivity index (χ4n) is 2.91. The molecule has 1 fully saturated rings. The molecule has 6 heteroatoms. The Labute approximate surface area is 147 Å². The van der Waals surface area contributed by atoms with E-state index in [4.69, 9.17) is 0 Å². The molecular weight excluding hydrogens is 319 g/mol. The topological polar surface area (TPSA) is 58.1 Å². The maximum atomic E-state index is 13.0. The van der Waals surface area contributed by atoms with Gasteiger partial charge in [0.2, 0.25) is 5.95 Å². The van der Waals surface area contributed by atoms with Crippen molar-refractivity contribution < 1.29 is 9.18 Å². The lowest BCUT2D eigenvalue weighted by Crippen LogP contribution is -2.38. The van der Waals surface area contributed by atoms with E-state index >= 15 is 0 Å². The highest BCUT2D eigenvalue weighted by Crippen LogP contribution is 2.18. The SMILES string of the molecule is Cc1cc(C(=O)N2CCC(C)CC2)nc(NCc2ccc(F)cc2)n1. The summed E-state index contributed by atoms with van der Waals surface area (Å²) < 4.78 is 13.0. The van der Waals surface area contributed by atoms with Gasteiger partial charge in [0, 0.05) is 25.3 Å². The molecule has 1 aromatic heterocycles. The van der Waals surface area contributed by atoms with Crippen molar-refractivity contribution in [2.24, 2.45) is 5.92 Å². The van der Waals surface area contributed by atoms with Gasteiger partial charge in [-0.15, -0.1) is 0 Å². The molecule has 1 saturated heterocycles. The summed E-state index contributed by atoms with van der Waals surface area (Å²) in [6.45, 7) is 6.09. The number of nitrogens with zero attached hydrogens (tertiary/aromatic N) is 3. The molecule has 1 amide bonds. The lowest BCUT2D eigenvalue weighted by molar-refractivity contribution is 0.0691. The molecular formula is C19H23FN4O. The number of nitrogens with one attached hydrogen (secondary N) is 1. The Morgan fingerprint density at radius 3 is 2.60 bits per heavy atom. The minimum atomic E-state index is -0.265. The number of aromatic nitrogens is 2. The molecule has 2 heterocycles. The lowest BCUT2D eigenvalue weighted by Gasteiger charge is -2.30. The Bertz CT molecular complexity index is 740. The number of rotatable bonds is 4. The quantitative estimate of drug-likeness (QED) is 0.925. The average Bonchev–Trinajstić information content (AvgIpc) is 2.61. The van der Waals surface area contributed by atoms with Crippen molar-refractivity contribution in [2.75, 3.05) is 18.4 Å². The van der Waals surface area contributed by atoms with Gasteiger partial charge in [-0.05, 0) is 49.4 Å². The maximum absolute atomic E-state index is 13.0. The van der Waals surface area contributed by atoms with Crippen molar-refractivity contribution >= 4 is 11.9 Å². The number of halogens is 1. The first-order chi connectivity index (χ1) is 12.0. The van der Waals surface area contributed by atoms with Gasteiger partial charge in [0.05, 0.1) is 0 Å². The Kier molecular flexibility index (Phi) is 5.26. The highest BCUT2D eigenvalue weighted by molar-refractivity contribution is 5.92. The van der Waals surface area contributed by atoms with E-state index in [1.807, 2.05) is 11.8 Å². The number of piperidine rings is 1. The molecule has 132 valence electrons. The van der Waals surface area contributed by atoms with E-state index in [-0.39, 0.29) is 11.7 Å². The Morgan fingerprint density at radius 1 is 1.24 bits per heavy atom. The lowest BCUT2D eigenvalue weighted by atomic mass is 9.99. The van der Waals surface area contributed by atoms with Crippen LogP contribution in [0.25, 0.3) is 0 Å².